The molecule has 0 unspecified atom stereocenters. The molecule has 10 heteroatoms. The summed E-state index contributed by atoms with van der Waals surface area (Å²) in [5.41, 5.74) is 2.19. The van der Waals surface area contributed by atoms with E-state index >= 15 is 0 Å². The van der Waals surface area contributed by atoms with Crippen LogP contribution in [0.2, 0.25) is 5.02 Å². The summed E-state index contributed by atoms with van der Waals surface area (Å²) in [5, 5.41) is 6.50. The largest absolute Gasteiger partial charge is 0.495 e. The minimum atomic E-state index is -0.456. The summed E-state index contributed by atoms with van der Waals surface area (Å²) >= 11 is 7.27. The average molecular weight is 486 g/mol. The molecular formula is C23H24ClN5O3S. The zero-order chi connectivity index (χ0) is 23.4. The first kappa shape index (κ1) is 22.9. The number of aromatic nitrogens is 1. The van der Waals surface area contributed by atoms with Crippen molar-refractivity contribution in [1.29, 1.82) is 0 Å². The van der Waals surface area contributed by atoms with Crippen molar-refractivity contribution in [1.82, 2.24) is 9.88 Å². The van der Waals surface area contributed by atoms with Crippen molar-refractivity contribution in [3.8, 4) is 5.75 Å². The van der Waals surface area contributed by atoms with Crippen molar-refractivity contribution in [3.05, 3.63) is 64.1 Å². The first-order valence-electron chi connectivity index (χ1n) is 10.4. The molecule has 2 N–H and O–H groups in total. The molecule has 3 aromatic rings. The predicted molar refractivity (Wildman–Crippen MR) is 132 cm³/mol. The number of rotatable bonds is 5. The summed E-state index contributed by atoms with van der Waals surface area (Å²) in [4.78, 5) is 34.4. The lowest BCUT2D eigenvalue weighted by atomic mass is 10.2. The van der Waals surface area contributed by atoms with Gasteiger partial charge >= 0.3 is 6.03 Å². The molecule has 172 valence electrons. The Morgan fingerprint density at radius 3 is 2.55 bits per heavy atom. The molecular weight excluding hydrogens is 462 g/mol. The summed E-state index contributed by atoms with van der Waals surface area (Å²) in [6.07, 6.45) is 0. The zero-order valence-corrected chi connectivity index (χ0v) is 19.9. The smallest absolute Gasteiger partial charge is 0.325 e. The van der Waals surface area contributed by atoms with E-state index in [0.29, 0.717) is 45.3 Å². The van der Waals surface area contributed by atoms with Gasteiger partial charge in [-0.3, -0.25) is 10.1 Å². The number of halogens is 1. The van der Waals surface area contributed by atoms with Gasteiger partial charge < -0.3 is 19.9 Å². The number of carbonyl (C=O) groups is 2. The molecule has 0 aliphatic carbocycles. The Hall–Kier alpha value is -3.30. The number of para-hydroxylation sites is 2. The van der Waals surface area contributed by atoms with Gasteiger partial charge in [-0.25, -0.2) is 9.78 Å². The zero-order valence-electron chi connectivity index (χ0n) is 18.3. The predicted octanol–water partition coefficient (Wildman–Crippen LogP) is 4.72. The highest BCUT2D eigenvalue weighted by molar-refractivity contribution is 7.17. The normalized spacial score (nSPS) is 13.5. The number of ether oxygens (including phenoxy) is 1. The lowest BCUT2D eigenvalue weighted by Crippen LogP contribution is -2.48. The molecule has 1 aliphatic rings. The third kappa shape index (κ3) is 5.37. The van der Waals surface area contributed by atoms with Crippen molar-refractivity contribution in [2.75, 3.05) is 48.8 Å². The molecule has 33 heavy (non-hydrogen) atoms. The van der Waals surface area contributed by atoms with Gasteiger partial charge in [-0.05, 0) is 37.3 Å². The average Bonchev–Trinajstić information content (AvgIpc) is 3.18. The minimum absolute atomic E-state index is 0.0751. The van der Waals surface area contributed by atoms with Crippen LogP contribution in [0.15, 0.2) is 48.5 Å². The van der Waals surface area contributed by atoms with E-state index < -0.39 is 6.03 Å². The Morgan fingerprint density at radius 1 is 1.06 bits per heavy atom. The fraction of sp³-hybridized carbons (Fsp3) is 0.261. The van der Waals surface area contributed by atoms with E-state index in [0.717, 1.165) is 18.8 Å². The third-order valence-electron chi connectivity index (χ3n) is 5.31. The molecule has 0 saturated carbocycles. The second-order valence-corrected chi connectivity index (χ2v) is 8.91. The SMILES string of the molecule is COc1ccccc1NC(=O)Nc1nc(C)c(C(=O)N2CCN(c3cccc(Cl)c3)CC2)s1. The van der Waals surface area contributed by atoms with Crippen molar-refractivity contribution in [2.45, 2.75) is 6.92 Å². The maximum atomic E-state index is 13.1. The molecule has 0 atom stereocenters. The number of benzene rings is 2. The van der Waals surface area contributed by atoms with Gasteiger partial charge in [0.05, 0.1) is 18.5 Å². The van der Waals surface area contributed by atoms with Crippen LogP contribution in [-0.4, -0.2) is 55.1 Å². The lowest BCUT2D eigenvalue weighted by molar-refractivity contribution is 0.0750. The Kier molecular flexibility index (Phi) is 7.00. The minimum Gasteiger partial charge on any atom is -0.495 e. The highest BCUT2D eigenvalue weighted by Gasteiger charge is 2.26. The molecule has 3 amide bonds. The Labute approximate surface area is 201 Å². The van der Waals surface area contributed by atoms with Crippen LogP contribution in [0, 0.1) is 6.92 Å². The van der Waals surface area contributed by atoms with Gasteiger partial charge in [-0.1, -0.05) is 41.1 Å². The molecule has 2 aromatic carbocycles. The number of urea groups is 1. The summed E-state index contributed by atoms with van der Waals surface area (Å²) in [6, 6.07) is 14.4. The second kappa shape index (κ2) is 10.1. The van der Waals surface area contributed by atoms with E-state index in [9.17, 15) is 9.59 Å². The van der Waals surface area contributed by atoms with E-state index in [1.165, 1.54) is 18.4 Å². The third-order valence-corrected chi connectivity index (χ3v) is 6.60. The van der Waals surface area contributed by atoms with Gasteiger partial charge in [0.2, 0.25) is 0 Å². The first-order valence-corrected chi connectivity index (χ1v) is 11.6. The van der Waals surface area contributed by atoms with E-state index in [1.807, 2.05) is 35.2 Å². The van der Waals surface area contributed by atoms with Crippen molar-refractivity contribution in [2.24, 2.45) is 0 Å². The highest BCUT2D eigenvalue weighted by Crippen LogP contribution is 2.27. The van der Waals surface area contributed by atoms with Crippen molar-refractivity contribution >= 4 is 51.4 Å². The van der Waals surface area contributed by atoms with Crippen LogP contribution in [0.4, 0.5) is 21.3 Å². The monoisotopic (exact) mass is 485 g/mol. The Bertz CT molecular complexity index is 1160. The van der Waals surface area contributed by atoms with Crippen LogP contribution in [0.3, 0.4) is 0 Å². The van der Waals surface area contributed by atoms with Crippen LogP contribution in [0.1, 0.15) is 15.4 Å². The number of nitrogens with zero attached hydrogens (tertiary/aromatic N) is 3. The topological polar surface area (TPSA) is 86.8 Å². The summed E-state index contributed by atoms with van der Waals surface area (Å²) in [6.45, 7) is 4.40. The molecule has 0 spiro atoms. The van der Waals surface area contributed by atoms with Gasteiger partial charge in [0.15, 0.2) is 5.13 Å². The summed E-state index contributed by atoms with van der Waals surface area (Å²) < 4.78 is 5.24. The van der Waals surface area contributed by atoms with Gasteiger partial charge in [0.25, 0.3) is 5.91 Å². The van der Waals surface area contributed by atoms with Gasteiger partial charge in [-0.15, -0.1) is 0 Å². The van der Waals surface area contributed by atoms with Gasteiger partial charge in [0, 0.05) is 36.9 Å². The molecule has 4 rings (SSSR count). The maximum Gasteiger partial charge on any atom is 0.325 e. The van der Waals surface area contributed by atoms with Crippen LogP contribution >= 0.6 is 22.9 Å². The summed E-state index contributed by atoms with van der Waals surface area (Å²) in [5.74, 6) is 0.477. The lowest BCUT2D eigenvalue weighted by Gasteiger charge is -2.36. The quantitative estimate of drug-likeness (QED) is 0.546. The van der Waals surface area contributed by atoms with Crippen molar-refractivity contribution < 1.29 is 14.3 Å². The van der Waals surface area contributed by atoms with E-state index in [4.69, 9.17) is 16.3 Å². The Balaban J connectivity index is 1.37. The van der Waals surface area contributed by atoms with Crippen LogP contribution in [0.25, 0.3) is 0 Å². The van der Waals surface area contributed by atoms with Crippen LogP contribution in [-0.2, 0) is 0 Å². The number of piperazine rings is 1. The molecule has 2 heterocycles. The molecule has 0 radical (unpaired) electrons. The standard InChI is InChI=1S/C23H24ClN5O3S/c1-15-20(21(30)29-12-10-28(11-13-29)17-7-5-6-16(24)14-17)33-23(25-15)27-22(31)26-18-8-3-4-9-19(18)32-2/h3-9,14H,10-13H2,1-2H3,(H2,25,26,27,31). The number of anilines is 3. The van der Waals surface area contributed by atoms with E-state index in [-0.39, 0.29) is 5.91 Å². The number of methoxy groups -OCH3 is 1. The number of nitrogens with one attached hydrogen (secondary N) is 2. The van der Waals surface area contributed by atoms with Crippen LogP contribution in [0.5, 0.6) is 5.75 Å². The second-order valence-electron chi connectivity index (χ2n) is 7.47. The molecule has 1 aliphatic heterocycles. The number of thiazole rings is 1. The number of hydrogen-bond acceptors (Lipinski definition) is 6. The molecule has 8 nitrogen and oxygen atoms in total. The van der Waals surface area contributed by atoms with Crippen LogP contribution < -0.4 is 20.3 Å². The number of amides is 3. The van der Waals surface area contributed by atoms with Gasteiger partial charge in [-0.2, -0.15) is 0 Å². The number of aryl methyl sites for hydroxylation is 1. The Morgan fingerprint density at radius 2 is 1.82 bits per heavy atom. The number of hydrogen-bond donors (Lipinski definition) is 2. The first-order chi connectivity index (χ1) is 15.9. The van der Waals surface area contributed by atoms with E-state index in [1.54, 1.807) is 25.1 Å². The molecule has 0 bridgehead atoms. The molecule has 1 aromatic heterocycles. The maximum absolute atomic E-state index is 13.1. The van der Waals surface area contributed by atoms with Crippen molar-refractivity contribution in [3.63, 3.8) is 0 Å². The molecule has 1 fully saturated rings. The molecule has 1 saturated heterocycles. The highest BCUT2D eigenvalue weighted by atomic mass is 35.5. The fourth-order valence-electron chi connectivity index (χ4n) is 3.63. The number of carbonyl (C=O) groups excluding carboxylic acids is 2. The fourth-order valence-corrected chi connectivity index (χ4v) is 4.75. The van der Waals surface area contributed by atoms with E-state index in [2.05, 4.69) is 20.5 Å². The summed E-state index contributed by atoms with van der Waals surface area (Å²) in [7, 11) is 1.54. The van der Waals surface area contributed by atoms with Gasteiger partial charge in [0.1, 0.15) is 10.6 Å².